The van der Waals surface area contributed by atoms with Crippen LogP contribution in [0.15, 0.2) is 304 Å². The Balaban J connectivity index is 0.000000136. The lowest BCUT2D eigenvalue weighted by molar-refractivity contribution is 0.0933. The third kappa shape index (κ3) is 24.4. The van der Waals surface area contributed by atoms with E-state index in [1.54, 1.807) is 60.3 Å². The van der Waals surface area contributed by atoms with Crippen molar-refractivity contribution in [3.63, 3.8) is 0 Å². The molecule has 17 rings (SSSR count). The number of aryl methyl sites for hydroxylation is 1. The number of rotatable bonds is 29. The van der Waals surface area contributed by atoms with Crippen molar-refractivity contribution in [2.75, 3.05) is 63.4 Å². The Labute approximate surface area is 744 Å². The van der Waals surface area contributed by atoms with Gasteiger partial charge in [-0.05, 0) is 236 Å². The number of carbonyl (C=O) groups excluding carboxylic acids is 4. The van der Waals surface area contributed by atoms with Crippen LogP contribution in [0.1, 0.15) is 91.9 Å². The van der Waals surface area contributed by atoms with Crippen molar-refractivity contribution in [1.82, 2.24) is 61.1 Å². The smallest absolute Gasteiger partial charge is 0.261 e. The first-order valence-corrected chi connectivity index (χ1v) is 43.3. The molecule has 0 aliphatic heterocycles. The minimum Gasteiger partial charge on any atom is -0.497 e. The van der Waals surface area contributed by atoms with Crippen LogP contribution >= 0.6 is 45.3 Å². The largest absolute Gasteiger partial charge is 0.497 e. The van der Waals surface area contributed by atoms with Crippen LogP contribution in [0.25, 0.3) is 42.3 Å². The second kappa shape index (κ2) is 43.6. The fourth-order valence-electron chi connectivity index (χ4n) is 12.9. The molecule has 0 spiro atoms. The van der Waals surface area contributed by atoms with Gasteiger partial charge in [-0.3, -0.25) is 19.2 Å². The molecule has 8 heterocycles. The zero-order chi connectivity index (χ0) is 87.4. The predicted molar refractivity (Wildman–Crippen MR) is 500 cm³/mol. The van der Waals surface area contributed by atoms with Crippen molar-refractivity contribution >= 4 is 116 Å². The Morgan fingerprint density at radius 2 is 0.698 bits per heavy atom. The van der Waals surface area contributed by atoms with E-state index in [1.165, 1.54) is 62.0 Å². The lowest BCUT2D eigenvalue weighted by atomic mass is 10.1. The monoisotopic (exact) mass is 1750 g/mol. The number of methoxy groups -OCH3 is 5. The molecule has 25 nitrogen and oxygen atoms in total. The van der Waals surface area contributed by atoms with Gasteiger partial charge in [0.25, 0.3) is 23.6 Å². The molecule has 8 aromatic carbocycles. The average molecular weight is 1750 g/mol. The summed E-state index contributed by atoms with van der Waals surface area (Å²) in [6.45, 7) is 3.02. The SMILES string of the molecule is COc1ccc(CNC(=O)c2ccc(-c3ccnc(Nc4ccc(OC)cc4)n3)s2)cc1.COc1ccc(Nc2nccc(-c3ccc(C(=O)NC4CCc5ccccc54)s3)n2)cc1.COc1ccc(Nc2nccc(-c3ccc(C(=O)NCCc4ccccc4)s3)n2)cc1.COc1ccc(Nc2nccc(-c3ccc(C(=O)N[C@H](C)c4ccccc4)s3)n2)cc1. The van der Waals surface area contributed by atoms with Crippen molar-refractivity contribution in [3.05, 3.63) is 351 Å². The molecule has 2 atom stereocenters. The van der Waals surface area contributed by atoms with Gasteiger partial charge in [-0.25, -0.2) is 39.9 Å². The number of hydrogen-bond acceptors (Lipinski definition) is 25. The molecule has 4 amide bonds. The maximum Gasteiger partial charge on any atom is 0.261 e. The molecule has 0 radical (unpaired) electrons. The Kier molecular flexibility index (Phi) is 30.2. The number of ether oxygens (including phenoxy) is 5. The summed E-state index contributed by atoms with van der Waals surface area (Å²) in [5.74, 6) is 5.53. The molecule has 29 heteroatoms. The van der Waals surface area contributed by atoms with Crippen LogP contribution in [0.3, 0.4) is 0 Å². The number of thiophene rings is 4. The minimum atomic E-state index is -0.122. The van der Waals surface area contributed by atoms with Crippen molar-refractivity contribution in [3.8, 4) is 71.0 Å². The summed E-state index contributed by atoms with van der Waals surface area (Å²) in [5.41, 5.74) is 12.3. The minimum absolute atomic E-state index is 0.0476. The first-order chi connectivity index (χ1) is 61.7. The van der Waals surface area contributed by atoms with Gasteiger partial charge in [0, 0.05) is 60.6 Å². The van der Waals surface area contributed by atoms with E-state index >= 15 is 0 Å². The van der Waals surface area contributed by atoms with Crippen LogP contribution in [0.5, 0.6) is 28.7 Å². The van der Waals surface area contributed by atoms with Gasteiger partial charge < -0.3 is 66.2 Å². The number of benzene rings is 8. The molecule has 8 N–H and O–H groups in total. The average Bonchev–Trinajstić information content (AvgIpc) is 1.68. The summed E-state index contributed by atoms with van der Waals surface area (Å²) in [5, 5.41) is 24.9. The molecule has 1 aliphatic rings. The van der Waals surface area contributed by atoms with Crippen LogP contribution in [-0.4, -0.2) is 106 Å². The highest BCUT2D eigenvalue weighted by Gasteiger charge is 2.25. The fraction of sp³-hybridized carbons (Fsp3) is 0.134. The fourth-order valence-corrected chi connectivity index (χ4v) is 16.5. The van der Waals surface area contributed by atoms with E-state index in [9.17, 15) is 19.2 Å². The van der Waals surface area contributed by atoms with Crippen molar-refractivity contribution < 1.29 is 42.9 Å². The maximum absolute atomic E-state index is 12.9. The summed E-state index contributed by atoms with van der Waals surface area (Å²) < 4.78 is 25.9. The Morgan fingerprint density at radius 3 is 1.09 bits per heavy atom. The van der Waals surface area contributed by atoms with Gasteiger partial charge in [0.2, 0.25) is 23.8 Å². The predicted octanol–water partition coefficient (Wildman–Crippen LogP) is 20.6. The van der Waals surface area contributed by atoms with Crippen molar-refractivity contribution in [2.45, 2.75) is 44.8 Å². The molecule has 0 saturated carbocycles. The van der Waals surface area contributed by atoms with E-state index in [2.05, 4.69) is 107 Å². The number of carbonyl (C=O) groups is 4. The molecule has 0 bridgehead atoms. The molecular formula is C97H88N16O9S4. The van der Waals surface area contributed by atoms with Crippen molar-refractivity contribution in [1.29, 1.82) is 0 Å². The normalized spacial score (nSPS) is 11.8. The zero-order valence-electron chi connectivity index (χ0n) is 69.4. The van der Waals surface area contributed by atoms with E-state index < -0.39 is 0 Å². The second-order valence-electron chi connectivity index (χ2n) is 28.0. The number of anilines is 8. The first kappa shape index (κ1) is 87.3. The second-order valence-corrected chi connectivity index (χ2v) is 32.4. The van der Waals surface area contributed by atoms with E-state index in [4.69, 9.17) is 23.7 Å². The van der Waals surface area contributed by atoms with E-state index in [0.717, 1.165) is 124 Å². The number of fused-ring (bicyclic) bond motifs is 1. The molecular weight excluding hydrogens is 1660 g/mol. The Bertz CT molecular complexity index is 6260. The third-order valence-electron chi connectivity index (χ3n) is 19.6. The van der Waals surface area contributed by atoms with Gasteiger partial charge in [-0.1, -0.05) is 97.1 Å². The van der Waals surface area contributed by atoms with Gasteiger partial charge in [0.15, 0.2) is 0 Å². The lowest BCUT2D eigenvalue weighted by Gasteiger charge is -2.13. The summed E-state index contributed by atoms with van der Waals surface area (Å²) in [7, 11) is 8.16. The molecule has 0 saturated heterocycles. The van der Waals surface area contributed by atoms with Crippen LogP contribution in [0, 0.1) is 0 Å². The van der Waals surface area contributed by atoms with E-state index in [1.807, 2.05) is 262 Å². The Hall–Kier alpha value is -15.0. The van der Waals surface area contributed by atoms with Crippen LogP contribution < -0.4 is 66.2 Å². The van der Waals surface area contributed by atoms with E-state index in [-0.39, 0.29) is 35.7 Å². The third-order valence-corrected chi connectivity index (χ3v) is 24.0. The zero-order valence-corrected chi connectivity index (χ0v) is 72.7. The quantitative estimate of drug-likeness (QED) is 0.0216. The standard InChI is InChI=1S/C25H22N4O2S.C24H22N4O3S.2C24H22N4O2S/c1-31-18-9-7-17(8-10-18)27-25-26-15-14-21(29-25)22-12-13-23(32-22)24(30)28-20-11-6-16-4-2-3-5-19(16)20;1-30-18-7-3-16(4-8-18)15-26-23(29)22-12-11-21(32-22)20-13-14-25-24(28-20)27-17-5-9-19(31-2)10-6-17;1-16(17-6-4-3-5-7-17)26-23(29)22-13-12-21(31-22)20-14-15-25-24(28-20)27-18-8-10-19(30-2)11-9-18;1-30-19-9-7-18(8-10-19)27-24-26-16-14-20(28-24)21-11-12-22(31-21)23(29)25-15-13-17-5-3-2-4-6-17/h2-5,7-10,12-15,20H,6,11H2,1H3,(H,28,30)(H,26,27,29);3-14H,15H2,1-2H3,(H,26,29)(H,25,27,28);3-16H,1-2H3,(H,26,29)(H,25,27,28);2-12,14,16H,13,15H2,1H3,(H,25,29)(H,26,27,28)/t;;16-;/m..1./s1. The molecule has 16 aromatic rings. The summed E-state index contributed by atoms with van der Waals surface area (Å²) in [4.78, 5) is 92.3. The number of hydrogen-bond donors (Lipinski definition) is 8. The molecule has 1 aliphatic carbocycles. The number of nitrogens with zero attached hydrogens (tertiary/aromatic N) is 8. The molecule has 126 heavy (non-hydrogen) atoms. The summed E-state index contributed by atoms with van der Waals surface area (Å²) >= 11 is 5.64. The summed E-state index contributed by atoms with van der Waals surface area (Å²) in [6.07, 6.45) is 9.55. The maximum atomic E-state index is 12.9. The topological polar surface area (TPSA) is 314 Å². The van der Waals surface area contributed by atoms with Crippen LogP contribution in [0.4, 0.5) is 46.5 Å². The van der Waals surface area contributed by atoms with Gasteiger partial charge in [-0.15, -0.1) is 45.3 Å². The van der Waals surface area contributed by atoms with E-state index in [0.29, 0.717) is 56.4 Å². The first-order valence-electron chi connectivity index (χ1n) is 40.0. The summed E-state index contributed by atoms with van der Waals surface area (Å²) in [6, 6.07) is 88.4. The molecule has 0 fully saturated rings. The highest BCUT2D eigenvalue weighted by molar-refractivity contribution is 7.18. The molecule has 1 unspecified atom stereocenters. The van der Waals surface area contributed by atoms with Crippen LogP contribution in [-0.2, 0) is 19.4 Å². The molecule has 8 aromatic heterocycles. The highest BCUT2D eigenvalue weighted by Crippen LogP contribution is 2.36. The number of amides is 4. The highest BCUT2D eigenvalue weighted by atomic mass is 32.1. The Morgan fingerprint density at radius 1 is 0.357 bits per heavy atom. The van der Waals surface area contributed by atoms with Gasteiger partial charge >= 0.3 is 0 Å². The van der Waals surface area contributed by atoms with Gasteiger partial charge in [0.05, 0.1) is 109 Å². The molecule has 634 valence electrons. The van der Waals surface area contributed by atoms with Gasteiger partial charge in [0.1, 0.15) is 28.7 Å². The van der Waals surface area contributed by atoms with Crippen molar-refractivity contribution in [2.24, 2.45) is 0 Å². The number of aromatic nitrogens is 8. The number of nitrogens with one attached hydrogen (secondary N) is 8. The van der Waals surface area contributed by atoms with Gasteiger partial charge in [-0.2, -0.15) is 0 Å². The lowest BCUT2D eigenvalue weighted by Crippen LogP contribution is -2.26. The van der Waals surface area contributed by atoms with Crippen LogP contribution in [0.2, 0.25) is 0 Å².